The second-order valence-corrected chi connectivity index (χ2v) is 8.47. The van der Waals surface area contributed by atoms with Gasteiger partial charge in [0, 0.05) is 55.1 Å². The van der Waals surface area contributed by atoms with Crippen molar-refractivity contribution in [3.63, 3.8) is 0 Å². The van der Waals surface area contributed by atoms with E-state index in [-0.39, 0.29) is 11.6 Å². The number of aromatic nitrogens is 2. The van der Waals surface area contributed by atoms with E-state index in [1.165, 1.54) is 11.3 Å². The van der Waals surface area contributed by atoms with Gasteiger partial charge in [-0.15, -0.1) is 0 Å². The predicted molar refractivity (Wildman–Crippen MR) is 117 cm³/mol. The molecule has 1 fully saturated rings. The lowest BCUT2D eigenvalue weighted by atomic mass is 9.76. The zero-order valence-electron chi connectivity index (χ0n) is 17.3. The molecule has 2 bridgehead atoms. The minimum atomic E-state index is 0.130. The number of hydrogen-bond donors (Lipinski definition) is 0. The van der Waals surface area contributed by atoms with Gasteiger partial charge in [0.1, 0.15) is 0 Å². The molecule has 2 aliphatic rings. The molecule has 0 amide bonds. The lowest BCUT2D eigenvalue weighted by molar-refractivity contribution is 0.0846. The van der Waals surface area contributed by atoms with Gasteiger partial charge in [-0.3, -0.25) is 9.69 Å². The van der Waals surface area contributed by atoms with Crippen LogP contribution in [0.5, 0.6) is 5.88 Å². The number of nitrogens with zero attached hydrogens (tertiary/aromatic N) is 3. The van der Waals surface area contributed by atoms with E-state index < -0.39 is 0 Å². The first-order chi connectivity index (χ1) is 14.7. The number of pyridine rings is 2. The van der Waals surface area contributed by atoms with Gasteiger partial charge in [-0.25, -0.2) is 4.98 Å². The molecule has 0 aliphatic carbocycles. The summed E-state index contributed by atoms with van der Waals surface area (Å²) >= 11 is 0. The lowest BCUT2D eigenvalue weighted by Crippen LogP contribution is -2.49. The zero-order chi connectivity index (χ0) is 20.5. The topological polar surface area (TPSA) is 47.4 Å². The van der Waals surface area contributed by atoms with Crippen molar-refractivity contribution < 1.29 is 4.74 Å². The summed E-state index contributed by atoms with van der Waals surface area (Å²) in [5.41, 5.74) is 3.71. The number of fused-ring (bicyclic) bond motifs is 4. The quantitative estimate of drug-likeness (QED) is 0.655. The Balaban J connectivity index is 1.48. The molecule has 4 heterocycles. The van der Waals surface area contributed by atoms with E-state index in [9.17, 15) is 4.79 Å². The Morgan fingerprint density at radius 1 is 1.03 bits per heavy atom. The average Bonchev–Trinajstić information content (AvgIpc) is 2.78. The first-order valence-electron chi connectivity index (χ1n) is 10.7. The maximum atomic E-state index is 12.9. The second kappa shape index (κ2) is 8.07. The van der Waals surface area contributed by atoms with Gasteiger partial charge in [-0.05, 0) is 36.5 Å². The van der Waals surface area contributed by atoms with Gasteiger partial charge in [0.05, 0.1) is 7.11 Å². The van der Waals surface area contributed by atoms with Crippen molar-refractivity contribution in [1.29, 1.82) is 0 Å². The monoisotopic (exact) mass is 401 g/mol. The van der Waals surface area contributed by atoms with Crippen LogP contribution in [0.3, 0.4) is 0 Å². The summed E-state index contributed by atoms with van der Waals surface area (Å²) in [5.74, 6) is 1.53. The van der Waals surface area contributed by atoms with E-state index in [0.29, 0.717) is 17.7 Å². The van der Waals surface area contributed by atoms with Crippen molar-refractivity contribution in [2.24, 2.45) is 5.92 Å². The third kappa shape index (κ3) is 3.54. The Kier molecular flexibility index (Phi) is 5.13. The summed E-state index contributed by atoms with van der Waals surface area (Å²) < 4.78 is 7.56. The molecule has 154 valence electrons. The van der Waals surface area contributed by atoms with Gasteiger partial charge in [0.2, 0.25) is 5.88 Å². The first-order valence-corrected chi connectivity index (χ1v) is 10.7. The van der Waals surface area contributed by atoms with Crippen LogP contribution >= 0.6 is 0 Å². The number of piperidine rings is 1. The number of hydrogen-bond acceptors (Lipinski definition) is 4. The van der Waals surface area contributed by atoms with Crippen LogP contribution in [-0.2, 0) is 13.0 Å². The van der Waals surface area contributed by atoms with Crippen molar-refractivity contribution in [1.82, 2.24) is 14.5 Å². The van der Waals surface area contributed by atoms with Gasteiger partial charge in [0.15, 0.2) is 0 Å². The van der Waals surface area contributed by atoms with Crippen LogP contribution < -0.4 is 10.3 Å². The molecule has 2 aliphatic heterocycles. The van der Waals surface area contributed by atoms with Gasteiger partial charge in [-0.1, -0.05) is 42.5 Å². The summed E-state index contributed by atoms with van der Waals surface area (Å²) in [4.78, 5) is 19.7. The summed E-state index contributed by atoms with van der Waals surface area (Å²) in [5, 5.41) is 0. The molecular formula is C25H27N3O2. The fraction of sp³-hybridized carbons (Fsp3) is 0.360. The van der Waals surface area contributed by atoms with Crippen LogP contribution in [0.1, 0.15) is 35.2 Å². The van der Waals surface area contributed by atoms with Crippen molar-refractivity contribution >= 4 is 0 Å². The highest BCUT2D eigenvalue weighted by Crippen LogP contribution is 2.42. The van der Waals surface area contributed by atoms with E-state index in [4.69, 9.17) is 4.74 Å². The number of methoxy groups -OCH3 is 1. The number of ether oxygens (including phenoxy) is 1. The molecule has 5 rings (SSSR count). The van der Waals surface area contributed by atoms with Crippen LogP contribution in [0, 0.1) is 5.92 Å². The highest BCUT2D eigenvalue weighted by molar-refractivity contribution is 5.26. The highest BCUT2D eigenvalue weighted by Gasteiger charge is 2.40. The second-order valence-electron chi connectivity index (χ2n) is 8.47. The summed E-state index contributed by atoms with van der Waals surface area (Å²) in [6.07, 6.45) is 3.80. The van der Waals surface area contributed by atoms with E-state index in [1.807, 2.05) is 18.2 Å². The Morgan fingerprint density at radius 2 is 1.90 bits per heavy atom. The lowest BCUT2D eigenvalue weighted by Gasteiger charge is -2.47. The minimum Gasteiger partial charge on any atom is -0.481 e. The fourth-order valence-corrected chi connectivity index (χ4v) is 5.35. The first kappa shape index (κ1) is 19.1. The Labute approximate surface area is 177 Å². The van der Waals surface area contributed by atoms with Crippen LogP contribution in [0.2, 0.25) is 0 Å². The van der Waals surface area contributed by atoms with Crippen LogP contribution in [0.4, 0.5) is 0 Å². The average molecular weight is 402 g/mol. The van der Waals surface area contributed by atoms with E-state index in [2.05, 4.69) is 50.8 Å². The van der Waals surface area contributed by atoms with Gasteiger partial charge < -0.3 is 9.30 Å². The van der Waals surface area contributed by atoms with E-state index >= 15 is 0 Å². The van der Waals surface area contributed by atoms with Crippen molar-refractivity contribution in [2.75, 3.05) is 20.2 Å². The Morgan fingerprint density at radius 3 is 2.73 bits per heavy atom. The SMILES string of the molecule is COc1ncccc1CN1C[C@H]2C[C@@H](C1)[C@H](Cc1ccccc1)n1c2cccc1=O. The number of rotatable bonds is 5. The molecule has 3 atom stereocenters. The Hall–Kier alpha value is -2.92. The molecule has 0 N–H and O–H groups in total. The third-order valence-corrected chi connectivity index (χ3v) is 6.60. The predicted octanol–water partition coefficient (Wildman–Crippen LogP) is 3.66. The molecule has 3 aromatic rings. The Bertz CT molecular complexity index is 1080. The van der Waals surface area contributed by atoms with E-state index in [1.54, 1.807) is 19.4 Å². The standard InChI is InChI=1S/C25H27N3O2/c1-30-25-19(9-6-12-26-25)15-27-16-20-14-21(17-27)23(13-18-7-3-2-4-8-18)28-22(20)10-5-11-24(28)29/h2-12,20-21,23H,13-17H2,1H3/t20-,21+,23+/m1/s1. The van der Waals surface area contributed by atoms with Crippen LogP contribution in [0.25, 0.3) is 0 Å². The van der Waals surface area contributed by atoms with Crippen LogP contribution in [0.15, 0.2) is 71.7 Å². The smallest absolute Gasteiger partial charge is 0.251 e. The number of benzene rings is 1. The molecule has 0 unspecified atom stereocenters. The zero-order valence-corrected chi connectivity index (χ0v) is 17.3. The minimum absolute atomic E-state index is 0.130. The molecular weight excluding hydrogens is 374 g/mol. The fourth-order valence-electron chi connectivity index (χ4n) is 5.35. The molecule has 5 heteroatoms. The molecule has 0 radical (unpaired) electrons. The highest BCUT2D eigenvalue weighted by atomic mass is 16.5. The van der Waals surface area contributed by atoms with Crippen molar-refractivity contribution in [3.05, 3.63) is 94.0 Å². The molecule has 0 saturated carbocycles. The molecule has 1 saturated heterocycles. The van der Waals surface area contributed by atoms with Crippen LogP contribution in [-0.4, -0.2) is 34.7 Å². The third-order valence-electron chi connectivity index (χ3n) is 6.60. The summed E-state index contributed by atoms with van der Waals surface area (Å²) in [6.45, 7) is 2.75. The van der Waals surface area contributed by atoms with Crippen molar-refractivity contribution in [3.8, 4) is 5.88 Å². The van der Waals surface area contributed by atoms with Gasteiger partial charge in [0.25, 0.3) is 5.56 Å². The van der Waals surface area contributed by atoms with Gasteiger partial charge >= 0.3 is 0 Å². The molecule has 2 aromatic heterocycles. The molecule has 30 heavy (non-hydrogen) atoms. The maximum Gasteiger partial charge on any atom is 0.251 e. The van der Waals surface area contributed by atoms with Gasteiger partial charge in [-0.2, -0.15) is 0 Å². The molecule has 5 nitrogen and oxygen atoms in total. The molecule has 0 spiro atoms. The summed E-state index contributed by atoms with van der Waals surface area (Å²) in [7, 11) is 1.68. The summed E-state index contributed by atoms with van der Waals surface area (Å²) in [6, 6.07) is 20.6. The number of likely N-dealkylation sites (tertiary alicyclic amines) is 1. The largest absolute Gasteiger partial charge is 0.481 e. The van der Waals surface area contributed by atoms with Crippen molar-refractivity contribution in [2.45, 2.75) is 31.3 Å². The van der Waals surface area contributed by atoms with E-state index in [0.717, 1.165) is 38.0 Å². The maximum absolute atomic E-state index is 12.9. The normalized spacial score (nSPS) is 23.0. The molecule has 1 aromatic carbocycles.